The average molecular weight is 259 g/mol. The molecule has 5 heteroatoms. The molecule has 90 valence electrons. The molecule has 1 aliphatic heterocycles. The lowest BCUT2D eigenvalue weighted by Crippen LogP contribution is -2.27. The monoisotopic (exact) mass is 259 g/mol. The summed E-state index contributed by atoms with van der Waals surface area (Å²) in [6.07, 6.45) is 0. The van der Waals surface area contributed by atoms with Gasteiger partial charge in [-0.1, -0.05) is 30.3 Å². The van der Waals surface area contributed by atoms with Gasteiger partial charge in [0.15, 0.2) is 0 Å². The van der Waals surface area contributed by atoms with Gasteiger partial charge < -0.3 is 4.74 Å². The Morgan fingerprint density at radius 3 is 2.56 bits per heavy atom. The Balaban J connectivity index is 1.87. The minimum Gasteiger partial charge on any atom is -0.469 e. The maximum atomic E-state index is 11.4. The second-order valence-electron chi connectivity index (χ2n) is 3.85. The SMILES string of the molecule is O=C1NC(=O)C(Oc2ccc3ccccc3c2)S1. The van der Waals surface area contributed by atoms with E-state index in [0.717, 1.165) is 22.5 Å². The van der Waals surface area contributed by atoms with Crippen LogP contribution in [0.3, 0.4) is 0 Å². The molecule has 1 aliphatic rings. The number of nitrogens with one attached hydrogen (secondary N) is 1. The van der Waals surface area contributed by atoms with Gasteiger partial charge in [-0.25, -0.2) is 0 Å². The number of thioether (sulfide) groups is 1. The van der Waals surface area contributed by atoms with Crippen molar-refractivity contribution in [1.82, 2.24) is 5.32 Å². The van der Waals surface area contributed by atoms with E-state index in [2.05, 4.69) is 5.32 Å². The highest BCUT2D eigenvalue weighted by Gasteiger charge is 2.33. The van der Waals surface area contributed by atoms with Crippen LogP contribution >= 0.6 is 11.8 Å². The molecule has 1 heterocycles. The van der Waals surface area contributed by atoms with E-state index >= 15 is 0 Å². The van der Waals surface area contributed by atoms with Gasteiger partial charge in [-0.2, -0.15) is 0 Å². The van der Waals surface area contributed by atoms with Gasteiger partial charge in [0.2, 0.25) is 5.44 Å². The molecule has 1 N–H and O–H groups in total. The molecule has 1 unspecified atom stereocenters. The van der Waals surface area contributed by atoms with Gasteiger partial charge in [0.25, 0.3) is 11.1 Å². The zero-order chi connectivity index (χ0) is 12.5. The van der Waals surface area contributed by atoms with E-state index in [9.17, 15) is 9.59 Å². The van der Waals surface area contributed by atoms with Gasteiger partial charge >= 0.3 is 0 Å². The molecule has 18 heavy (non-hydrogen) atoms. The molecule has 0 aliphatic carbocycles. The van der Waals surface area contributed by atoms with Crippen LogP contribution in [-0.4, -0.2) is 16.6 Å². The smallest absolute Gasteiger partial charge is 0.289 e. The average Bonchev–Trinajstić information content (AvgIpc) is 2.68. The predicted molar refractivity (Wildman–Crippen MR) is 69.5 cm³/mol. The van der Waals surface area contributed by atoms with Crippen molar-refractivity contribution in [2.24, 2.45) is 0 Å². The molecule has 1 fully saturated rings. The summed E-state index contributed by atoms with van der Waals surface area (Å²) in [6, 6.07) is 13.4. The van der Waals surface area contributed by atoms with Crippen LogP contribution in [0, 0.1) is 0 Å². The highest BCUT2D eigenvalue weighted by molar-refractivity contribution is 8.15. The van der Waals surface area contributed by atoms with Gasteiger partial charge in [0.1, 0.15) is 5.75 Å². The Labute approximate surface area is 107 Å². The molecule has 0 aromatic heterocycles. The maximum absolute atomic E-state index is 11.4. The summed E-state index contributed by atoms with van der Waals surface area (Å²) in [4.78, 5) is 22.4. The lowest BCUT2D eigenvalue weighted by atomic mass is 10.1. The summed E-state index contributed by atoms with van der Waals surface area (Å²) in [5.41, 5.74) is -0.793. The van der Waals surface area contributed by atoms with Crippen molar-refractivity contribution in [1.29, 1.82) is 0 Å². The van der Waals surface area contributed by atoms with E-state index in [1.165, 1.54) is 0 Å². The van der Waals surface area contributed by atoms with Gasteiger partial charge in [0, 0.05) is 0 Å². The number of carbonyl (C=O) groups is 2. The summed E-state index contributed by atoms with van der Waals surface area (Å²) in [5, 5.41) is 3.95. The van der Waals surface area contributed by atoms with Crippen LogP contribution in [0.2, 0.25) is 0 Å². The maximum Gasteiger partial charge on any atom is 0.289 e. The molecular weight excluding hydrogens is 250 g/mol. The van der Waals surface area contributed by atoms with Crippen LogP contribution < -0.4 is 10.1 Å². The van der Waals surface area contributed by atoms with Crippen LogP contribution in [0.25, 0.3) is 10.8 Å². The first-order valence-corrected chi connectivity index (χ1v) is 6.27. The van der Waals surface area contributed by atoms with E-state index in [-0.39, 0.29) is 5.24 Å². The van der Waals surface area contributed by atoms with Crippen molar-refractivity contribution in [3.63, 3.8) is 0 Å². The lowest BCUT2D eigenvalue weighted by molar-refractivity contribution is -0.122. The standard InChI is InChI=1S/C13H9NO3S/c15-11-12(18-13(16)14-11)17-10-6-5-8-3-1-2-4-9(8)7-10/h1-7,12H,(H,14,15,16). The molecule has 3 rings (SSSR count). The van der Waals surface area contributed by atoms with Crippen LogP contribution in [-0.2, 0) is 4.79 Å². The Morgan fingerprint density at radius 1 is 1.06 bits per heavy atom. The third-order valence-electron chi connectivity index (χ3n) is 2.62. The number of imide groups is 1. The van der Waals surface area contributed by atoms with Crippen molar-refractivity contribution in [2.75, 3.05) is 0 Å². The Hall–Kier alpha value is -2.01. The van der Waals surface area contributed by atoms with Crippen LogP contribution in [0.4, 0.5) is 4.79 Å². The van der Waals surface area contributed by atoms with Gasteiger partial charge in [-0.15, -0.1) is 0 Å². The highest BCUT2D eigenvalue weighted by Crippen LogP contribution is 2.26. The van der Waals surface area contributed by atoms with Crippen molar-refractivity contribution >= 4 is 33.7 Å². The quantitative estimate of drug-likeness (QED) is 0.900. The Bertz CT molecular complexity index is 641. The van der Waals surface area contributed by atoms with E-state index in [0.29, 0.717) is 5.75 Å². The first-order chi connectivity index (χ1) is 8.72. The van der Waals surface area contributed by atoms with Crippen LogP contribution in [0.15, 0.2) is 42.5 Å². The Morgan fingerprint density at radius 2 is 1.83 bits per heavy atom. The number of hydrogen-bond acceptors (Lipinski definition) is 4. The predicted octanol–water partition coefficient (Wildman–Crippen LogP) is 2.53. The zero-order valence-corrected chi connectivity index (χ0v) is 10.1. The fraction of sp³-hybridized carbons (Fsp3) is 0.0769. The largest absolute Gasteiger partial charge is 0.469 e. The normalized spacial score (nSPS) is 19.0. The molecule has 0 bridgehead atoms. The van der Waals surface area contributed by atoms with Gasteiger partial charge in [-0.3, -0.25) is 14.9 Å². The third kappa shape index (κ3) is 2.04. The third-order valence-corrected chi connectivity index (χ3v) is 3.46. The second kappa shape index (κ2) is 4.34. The number of rotatable bonds is 2. The summed E-state index contributed by atoms with van der Waals surface area (Å²) in [7, 11) is 0. The van der Waals surface area contributed by atoms with Crippen molar-refractivity contribution in [3.05, 3.63) is 42.5 Å². The molecule has 1 atom stereocenters. The molecule has 2 amide bonds. The number of ether oxygens (including phenoxy) is 1. The summed E-state index contributed by atoms with van der Waals surface area (Å²) in [5.74, 6) is 0.175. The van der Waals surface area contributed by atoms with Gasteiger partial charge in [0.05, 0.1) is 0 Å². The van der Waals surface area contributed by atoms with E-state index in [1.807, 2.05) is 36.4 Å². The molecule has 2 aromatic carbocycles. The van der Waals surface area contributed by atoms with E-state index < -0.39 is 11.3 Å². The zero-order valence-electron chi connectivity index (χ0n) is 9.25. The first-order valence-electron chi connectivity index (χ1n) is 5.39. The summed E-state index contributed by atoms with van der Waals surface area (Å²) < 4.78 is 5.50. The first kappa shape index (κ1) is 11.1. The molecule has 0 radical (unpaired) electrons. The van der Waals surface area contributed by atoms with Crippen molar-refractivity contribution < 1.29 is 14.3 Å². The fourth-order valence-electron chi connectivity index (χ4n) is 1.78. The summed E-state index contributed by atoms with van der Waals surface area (Å²) >= 11 is 0.852. The lowest BCUT2D eigenvalue weighted by Gasteiger charge is -2.10. The molecule has 0 saturated carbocycles. The molecular formula is C13H9NO3S. The molecule has 0 spiro atoms. The molecule has 1 saturated heterocycles. The number of amides is 2. The van der Waals surface area contributed by atoms with Crippen LogP contribution in [0.5, 0.6) is 5.75 Å². The number of benzene rings is 2. The molecule has 4 nitrogen and oxygen atoms in total. The minimum absolute atomic E-state index is 0.370. The molecule has 2 aromatic rings. The van der Waals surface area contributed by atoms with Crippen molar-refractivity contribution in [3.8, 4) is 5.75 Å². The van der Waals surface area contributed by atoms with E-state index in [4.69, 9.17) is 4.74 Å². The van der Waals surface area contributed by atoms with Crippen LogP contribution in [0.1, 0.15) is 0 Å². The van der Waals surface area contributed by atoms with E-state index in [1.54, 1.807) is 6.07 Å². The highest BCUT2D eigenvalue weighted by atomic mass is 32.2. The van der Waals surface area contributed by atoms with Gasteiger partial charge in [-0.05, 0) is 34.7 Å². The Kier molecular flexibility index (Phi) is 2.68. The van der Waals surface area contributed by atoms with Crippen molar-refractivity contribution in [2.45, 2.75) is 5.44 Å². The summed E-state index contributed by atoms with van der Waals surface area (Å²) in [6.45, 7) is 0. The minimum atomic E-state index is -0.793. The number of fused-ring (bicyclic) bond motifs is 1. The number of carbonyl (C=O) groups excluding carboxylic acids is 2. The second-order valence-corrected chi connectivity index (χ2v) is 4.89. The fourth-order valence-corrected chi connectivity index (χ4v) is 2.46. The number of hydrogen-bond donors (Lipinski definition) is 1. The topological polar surface area (TPSA) is 55.4 Å².